The lowest BCUT2D eigenvalue weighted by molar-refractivity contribution is 0.638. The van der Waals surface area contributed by atoms with Gasteiger partial charge in [0.15, 0.2) is 0 Å². The van der Waals surface area contributed by atoms with Crippen LogP contribution in [0.15, 0.2) is 35.5 Å². The van der Waals surface area contributed by atoms with Crippen LogP contribution in [-0.4, -0.2) is 12.4 Å². The number of allylic oxidation sites excluding steroid dienone is 1. The van der Waals surface area contributed by atoms with E-state index in [1.54, 1.807) is 0 Å². The largest absolute Gasteiger partial charge is 0.402 e. The van der Waals surface area contributed by atoms with Crippen molar-refractivity contribution >= 4 is 11.4 Å². The Morgan fingerprint density at radius 3 is 2.84 bits per heavy atom. The van der Waals surface area contributed by atoms with Gasteiger partial charge in [0.1, 0.15) is 0 Å². The Balaban J connectivity index is 1.93. The highest BCUT2D eigenvalue weighted by Gasteiger charge is 2.26. The fourth-order valence-corrected chi connectivity index (χ4v) is 2.94. The van der Waals surface area contributed by atoms with E-state index in [1.807, 2.05) is 12.1 Å². The van der Waals surface area contributed by atoms with Crippen molar-refractivity contribution in [1.29, 1.82) is 5.41 Å². The minimum absolute atomic E-state index is 0.0379. The molecule has 2 aliphatic rings. The second-order valence-corrected chi connectivity index (χ2v) is 5.20. The zero-order valence-corrected chi connectivity index (χ0v) is 11.0. The van der Waals surface area contributed by atoms with Gasteiger partial charge in [-0.25, -0.2) is 0 Å². The average molecular weight is 256 g/mol. The summed E-state index contributed by atoms with van der Waals surface area (Å²) in [5.74, 6) is 0. The molecule has 0 saturated heterocycles. The van der Waals surface area contributed by atoms with Crippen LogP contribution in [0.5, 0.6) is 0 Å². The molecule has 1 aromatic carbocycles. The molecule has 1 aromatic rings. The minimum Gasteiger partial charge on any atom is -0.402 e. The maximum absolute atomic E-state index is 8.51. The molecule has 3 rings (SSSR count). The Morgan fingerprint density at radius 2 is 2.00 bits per heavy atom. The summed E-state index contributed by atoms with van der Waals surface area (Å²) in [6, 6.07) is 8.14. The van der Waals surface area contributed by atoms with E-state index in [2.05, 4.69) is 22.8 Å². The predicted molar refractivity (Wildman–Crippen MR) is 78.2 cm³/mol. The molecule has 0 saturated carbocycles. The van der Waals surface area contributed by atoms with E-state index in [1.165, 1.54) is 0 Å². The van der Waals surface area contributed by atoms with Crippen LogP contribution in [0, 0.1) is 5.41 Å². The summed E-state index contributed by atoms with van der Waals surface area (Å²) >= 11 is 0. The van der Waals surface area contributed by atoms with Crippen LogP contribution in [0.3, 0.4) is 0 Å². The zero-order chi connectivity index (χ0) is 13.2. The summed E-state index contributed by atoms with van der Waals surface area (Å²) in [7, 11) is 0. The van der Waals surface area contributed by atoms with Gasteiger partial charge in [-0.15, -0.1) is 0 Å². The molecule has 1 unspecified atom stereocenters. The number of nitrogens with two attached hydrogens (primary N) is 1. The van der Waals surface area contributed by atoms with Crippen molar-refractivity contribution in [3.8, 4) is 0 Å². The third-order valence-corrected chi connectivity index (χ3v) is 3.98. The monoisotopic (exact) mass is 256 g/mol. The first-order valence-corrected chi connectivity index (χ1v) is 6.90. The molecule has 1 aliphatic carbocycles. The standard InChI is InChI=1S/C15H20N4/c16-12-7-3-1-5-10(12)14(17)15-11-6-2-4-8-13(11)18-9-19-15/h2,4,6,8,15,17-19H,1,3,5,7,9,16H2. The third kappa shape index (κ3) is 2.24. The van der Waals surface area contributed by atoms with Crippen LogP contribution in [0.1, 0.15) is 37.3 Å². The molecule has 0 fully saturated rings. The number of benzene rings is 1. The second-order valence-electron chi connectivity index (χ2n) is 5.20. The molecule has 19 heavy (non-hydrogen) atoms. The lowest BCUT2D eigenvalue weighted by Gasteiger charge is -2.30. The third-order valence-electron chi connectivity index (χ3n) is 3.98. The van der Waals surface area contributed by atoms with E-state index in [4.69, 9.17) is 11.1 Å². The van der Waals surface area contributed by atoms with Crippen LogP contribution in [-0.2, 0) is 0 Å². The Labute approximate surface area is 113 Å². The van der Waals surface area contributed by atoms with Gasteiger partial charge in [-0.05, 0) is 42.9 Å². The van der Waals surface area contributed by atoms with E-state index in [9.17, 15) is 0 Å². The van der Waals surface area contributed by atoms with Crippen LogP contribution < -0.4 is 16.4 Å². The quantitative estimate of drug-likeness (QED) is 0.614. The van der Waals surface area contributed by atoms with Crippen molar-refractivity contribution in [2.45, 2.75) is 31.7 Å². The Hall–Kier alpha value is -1.81. The number of para-hydroxylation sites is 1. The highest BCUT2D eigenvalue weighted by molar-refractivity contribution is 6.03. The van der Waals surface area contributed by atoms with Crippen molar-refractivity contribution < 1.29 is 0 Å². The number of anilines is 1. The molecule has 4 nitrogen and oxygen atoms in total. The summed E-state index contributed by atoms with van der Waals surface area (Å²) in [5.41, 5.74) is 11.0. The zero-order valence-electron chi connectivity index (χ0n) is 11.0. The fourth-order valence-electron chi connectivity index (χ4n) is 2.94. The molecule has 0 spiro atoms. The fraction of sp³-hybridized carbons (Fsp3) is 0.400. The summed E-state index contributed by atoms with van der Waals surface area (Å²) in [6.07, 6.45) is 4.17. The van der Waals surface area contributed by atoms with Gasteiger partial charge in [-0.3, -0.25) is 5.32 Å². The van der Waals surface area contributed by atoms with E-state index < -0.39 is 0 Å². The Morgan fingerprint density at radius 1 is 1.21 bits per heavy atom. The summed E-state index contributed by atoms with van der Waals surface area (Å²) in [4.78, 5) is 0. The van der Waals surface area contributed by atoms with Gasteiger partial charge >= 0.3 is 0 Å². The molecule has 1 atom stereocenters. The molecule has 5 N–H and O–H groups in total. The smallest absolute Gasteiger partial charge is 0.0781 e. The molecule has 0 bridgehead atoms. The minimum atomic E-state index is -0.0379. The van der Waals surface area contributed by atoms with Gasteiger partial charge in [-0.1, -0.05) is 18.2 Å². The average Bonchev–Trinajstić information content (AvgIpc) is 2.46. The molecule has 1 aliphatic heterocycles. The first-order valence-electron chi connectivity index (χ1n) is 6.90. The van der Waals surface area contributed by atoms with Crippen LogP contribution in [0.25, 0.3) is 0 Å². The molecule has 0 amide bonds. The number of nitrogens with one attached hydrogen (secondary N) is 3. The number of hydrogen-bond donors (Lipinski definition) is 4. The first kappa shape index (κ1) is 12.2. The Kier molecular flexibility index (Phi) is 3.25. The van der Waals surface area contributed by atoms with Crippen LogP contribution in [0.2, 0.25) is 0 Å². The molecular formula is C15H20N4. The lowest BCUT2D eigenvalue weighted by atomic mass is 9.87. The molecule has 0 aromatic heterocycles. The van der Waals surface area contributed by atoms with Crippen molar-refractivity contribution in [3.63, 3.8) is 0 Å². The predicted octanol–water partition coefficient (Wildman–Crippen LogP) is 2.51. The summed E-state index contributed by atoms with van der Waals surface area (Å²) < 4.78 is 0. The van der Waals surface area contributed by atoms with Gasteiger partial charge in [0.2, 0.25) is 0 Å². The highest BCUT2D eigenvalue weighted by Crippen LogP contribution is 2.32. The number of fused-ring (bicyclic) bond motifs is 1. The molecular weight excluding hydrogens is 236 g/mol. The van der Waals surface area contributed by atoms with Gasteiger partial charge < -0.3 is 16.5 Å². The van der Waals surface area contributed by atoms with E-state index in [0.717, 1.165) is 48.2 Å². The maximum atomic E-state index is 8.51. The van der Waals surface area contributed by atoms with Crippen molar-refractivity contribution in [2.75, 3.05) is 12.0 Å². The molecule has 1 heterocycles. The maximum Gasteiger partial charge on any atom is 0.0781 e. The van der Waals surface area contributed by atoms with Crippen molar-refractivity contribution in [2.24, 2.45) is 5.73 Å². The van der Waals surface area contributed by atoms with E-state index >= 15 is 0 Å². The Bertz CT molecular complexity index is 533. The van der Waals surface area contributed by atoms with Crippen molar-refractivity contribution in [1.82, 2.24) is 5.32 Å². The summed E-state index contributed by atoms with van der Waals surface area (Å²) in [5, 5.41) is 15.2. The highest BCUT2D eigenvalue weighted by atomic mass is 15.1. The van der Waals surface area contributed by atoms with E-state index in [0.29, 0.717) is 12.4 Å². The normalized spacial score (nSPS) is 22.6. The molecule has 0 radical (unpaired) electrons. The number of hydrogen-bond acceptors (Lipinski definition) is 4. The molecule has 4 heteroatoms. The number of rotatable bonds is 2. The van der Waals surface area contributed by atoms with Crippen LogP contribution >= 0.6 is 0 Å². The van der Waals surface area contributed by atoms with Gasteiger partial charge in [0.25, 0.3) is 0 Å². The van der Waals surface area contributed by atoms with Gasteiger partial charge in [0.05, 0.1) is 18.4 Å². The summed E-state index contributed by atoms with van der Waals surface area (Å²) in [6.45, 7) is 0.692. The second kappa shape index (κ2) is 5.05. The van der Waals surface area contributed by atoms with Gasteiger partial charge in [-0.2, -0.15) is 0 Å². The first-order chi connectivity index (χ1) is 9.27. The van der Waals surface area contributed by atoms with E-state index in [-0.39, 0.29) is 6.04 Å². The SMILES string of the molecule is N=C(C1=C(N)CCCC1)C1NCNc2ccccc21. The van der Waals surface area contributed by atoms with Crippen LogP contribution in [0.4, 0.5) is 5.69 Å². The van der Waals surface area contributed by atoms with Gasteiger partial charge in [0, 0.05) is 11.4 Å². The van der Waals surface area contributed by atoms with Crippen molar-refractivity contribution in [3.05, 3.63) is 41.1 Å². The molecule has 100 valence electrons. The topological polar surface area (TPSA) is 73.9 Å². The lowest BCUT2D eigenvalue weighted by Crippen LogP contribution is -2.38.